The highest BCUT2D eigenvalue weighted by atomic mass is 79.9. The third kappa shape index (κ3) is 3.27. The first-order chi connectivity index (χ1) is 9.30. The number of aromatic nitrogens is 1. The summed E-state index contributed by atoms with van der Waals surface area (Å²) in [5.74, 6) is 1.09. The highest BCUT2D eigenvalue weighted by Crippen LogP contribution is 2.22. The molecule has 0 spiro atoms. The highest BCUT2D eigenvalue weighted by Gasteiger charge is 2.16. The van der Waals surface area contributed by atoms with Crippen LogP contribution in [0.5, 0.6) is 0 Å². The molecule has 1 heterocycles. The molecule has 0 N–H and O–H groups in total. The summed E-state index contributed by atoms with van der Waals surface area (Å²) in [7, 11) is 0. The number of benzene rings is 1. The molecule has 0 saturated carbocycles. The molecule has 0 saturated heterocycles. The Balaban J connectivity index is 2.37. The Bertz CT molecular complexity index is 523. The van der Waals surface area contributed by atoms with Crippen LogP contribution in [0.2, 0.25) is 0 Å². The Morgan fingerprint density at radius 1 is 1.11 bits per heavy atom. The predicted molar refractivity (Wildman–Crippen MR) is 87.3 cm³/mol. The monoisotopic (exact) mass is 320 g/mol. The van der Waals surface area contributed by atoms with Gasteiger partial charge in [0.2, 0.25) is 0 Å². The number of fused-ring (bicyclic) bond motifs is 1. The van der Waals surface area contributed by atoms with E-state index >= 15 is 0 Å². The first-order valence-corrected chi connectivity index (χ1v) is 8.10. The second-order valence-electron chi connectivity index (χ2n) is 4.71. The van der Waals surface area contributed by atoms with Gasteiger partial charge < -0.3 is 4.90 Å². The molecule has 0 atom stereocenters. The molecule has 2 rings (SSSR count). The maximum absolute atomic E-state index is 4.82. The van der Waals surface area contributed by atoms with Gasteiger partial charge in [0, 0.05) is 23.3 Å². The number of anilines is 1. The Morgan fingerprint density at radius 2 is 1.84 bits per heavy atom. The van der Waals surface area contributed by atoms with Crippen molar-refractivity contribution in [3.05, 3.63) is 36.4 Å². The van der Waals surface area contributed by atoms with Crippen molar-refractivity contribution < 1.29 is 0 Å². The largest absolute Gasteiger partial charge is 0.353 e. The summed E-state index contributed by atoms with van der Waals surface area (Å²) in [4.78, 5) is 7.23. The van der Waals surface area contributed by atoms with E-state index in [0.29, 0.717) is 6.04 Å². The van der Waals surface area contributed by atoms with E-state index in [1.54, 1.807) is 0 Å². The summed E-state index contributed by atoms with van der Waals surface area (Å²) in [5.41, 5.74) is 1.07. The lowest BCUT2D eigenvalue weighted by Crippen LogP contribution is -2.36. The van der Waals surface area contributed by atoms with E-state index in [1.807, 2.05) is 6.07 Å². The number of halogens is 1. The minimum atomic E-state index is 0.561. The number of alkyl halides is 1. The van der Waals surface area contributed by atoms with Gasteiger partial charge in [0.25, 0.3) is 0 Å². The minimum absolute atomic E-state index is 0.561. The lowest BCUT2D eigenvalue weighted by atomic mass is 10.1. The van der Waals surface area contributed by atoms with Gasteiger partial charge in [-0.15, -0.1) is 0 Å². The summed E-state index contributed by atoms with van der Waals surface area (Å²) in [6, 6.07) is 13.2. The van der Waals surface area contributed by atoms with Crippen molar-refractivity contribution >= 4 is 32.7 Å². The van der Waals surface area contributed by atoms with Crippen LogP contribution < -0.4 is 4.90 Å². The van der Waals surface area contributed by atoms with Crippen molar-refractivity contribution in [3.63, 3.8) is 0 Å². The molecule has 0 fully saturated rings. The zero-order chi connectivity index (χ0) is 13.7. The van der Waals surface area contributed by atoms with Crippen LogP contribution in [0, 0.1) is 0 Å². The van der Waals surface area contributed by atoms with Gasteiger partial charge in [-0.05, 0) is 31.0 Å². The third-order valence-electron chi connectivity index (χ3n) is 3.59. The number of pyridine rings is 1. The molecule has 3 heteroatoms. The van der Waals surface area contributed by atoms with Crippen LogP contribution in [0.25, 0.3) is 10.9 Å². The Labute approximate surface area is 124 Å². The lowest BCUT2D eigenvalue weighted by molar-refractivity contribution is 0.564. The predicted octanol–water partition coefficient (Wildman–Crippen LogP) is 4.62. The van der Waals surface area contributed by atoms with Gasteiger partial charge >= 0.3 is 0 Å². The van der Waals surface area contributed by atoms with Gasteiger partial charge in [0.15, 0.2) is 0 Å². The smallest absolute Gasteiger partial charge is 0.129 e. The summed E-state index contributed by atoms with van der Waals surface area (Å²) in [5, 5.41) is 2.17. The standard InChI is InChI=1S/C16H21BrN2/c1-3-14(4-2)19(12-11-17)16-10-9-13-7-5-6-8-15(13)18-16/h5-10,14H,3-4,11-12H2,1-2H3. The molecule has 0 aliphatic rings. The van der Waals surface area contributed by atoms with Gasteiger partial charge in [-0.1, -0.05) is 48.0 Å². The van der Waals surface area contributed by atoms with E-state index < -0.39 is 0 Å². The molecule has 0 radical (unpaired) electrons. The third-order valence-corrected chi connectivity index (χ3v) is 3.94. The van der Waals surface area contributed by atoms with Crippen molar-refractivity contribution in [2.75, 3.05) is 16.8 Å². The second-order valence-corrected chi connectivity index (χ2v) is 5.51. The summed E-state index contributed by atoms with van der Waals surface area (Å²) < 4.78 is 0. The van der Waals surface area contributed by atoms with Crippen molar-refractivity contribution in [1.82, 2.24) is 4.98 Å². The SMILES string of the molecule is CCC(CC)N(CCBr)c1ccc2ccccc2n1. The fourth-order valence-electron chi connectivity index (χ4n) is 2.52. The summed E-state index contributed by atoms with van der Waals surface area (Å²) >= 11 is 3.55. The molecule has 1 aromatic heterocycles. The Kier molecular flexibility index (Phi) is 5.20. The average molecular weight is 321 g/mol. The first kappa shape index (κ1) is 14.3. The maximum Gasteiger partial charge on any atom is 0.129 e. The molecule has 0 amide bonds. The minimum Gasteiger partial charge on any atom is -0.353 e. The van der Waals surface area contributed by atoms with Crippen molar-refractivity contribution in [2.24, 2.45) is 0 Å². The van der Waals surface area contributed by atoms with Crippen LogP contribution in [0.15, 0.2) is 36.4 Å². The molecule has 0 aliphatic heterocycles. The highest BCUT2D eigenvalue weighted by molar-refractivity contribution is 9.09. The Morgan fingerprint density at radius 3 is 2.53 bits per heavy atom. The average Bonchev–Trinajstić information content (AvgIpc) is 2.47. The molecule has 2 nitrogen and oxygen atoms in total. The topological polar surface area (TPSA) is 16.1 Å². The summed E-state index contributed by atoms with van der Waals surface area (Å²) in [6.45, 7) is 5.49. The molecular weight excluding hydrogens is 300 g/mol. The lowest BCUT2D eigenvalue weighted by Gasteiger charge is -2.31. The number of para-hydroxylation sites is 1. The van der Waals surface area contributed by atoms with Gasteiger partial charge in [0.05, 0.1) is 5.52 Å². The number of hydrogen-bond donors (Lipinski definition) is 0. The Hall–Kier alpha value is -1.09. The maximum atomic E-state index is 4.82. The fraction of sp³-hybridized carbons (Fsp3) is 0.438. The molecule has 1 aromatic carbocycles. The van der Waals surface area contributed by atoms with Crippen LogP contribution in [0.1, 0.15) is 26.7 Å². The van der Waals surface area contributed by atoms with E-state index in [2.05, 4.69) is 65.0 Å². The zero-order valence-corrected chi connectivity index (χ0v) is 13.2. The molecular formula is C16H21BrN2. The van der Waals surface area contributed by atoms with Crippen LogP contribution in [0.3, 0.4) is 0 Å². The second kappa shape index (κ2) is 6.90. The van der Waals surface area contributed by atoms with Crippen molar-refractivity contribution in [1.29, 1.82) is 0 Å². The molecule has 0 unspecified atom stereocenters. The van der Waals surface area contributed by atoms with Crippen LogP contribution >= 0.6 is 15.9 Å². The normalized spacial score (nSPS) is 11.2. The van der Waals surface area contributed by atoms with E-state index in [4.69, 9.17) is 4.98 Å². The van der Waals surface area contributed by atoms with Crippen LogP contribution in [-0.4, -0.2) is 22.9 Å². The zero-order valence-electron chi connectivity index (χ0n) is 11.6. The molecule has 0 bridgehead atoms. The molecule has 19 heavy (non-hydrogen) atoms. The summed E-state index contributed by atoms with van der Waals surface area (Å²) in [6.07, 6.45) is 2.30. The molecule has 0 aliphatic carbocycles. The number of nitrogens with zero attached hydrogens (tertiary/aromatic N) is 2. The van der Waals surface area contributed by atoms with E-state index in [9.17, 15) is 0 Å². The van der Waals surface area contributed by atoms with E-state index in [1.165, 1.54) is 5.39 Å². The number of rotatable bonds is 6. The van der Waals surface area contributed by atoms with Crippen molar-refractivity contribution in [2.45, 2.75) is 32.7 Å². The van der Waals surface area contributed by atoms with Crippen molar-refractivity contribution in [3.8, 4) is 0 Å². The van der Waals surface area contributed by atoms with Crippen LogP contribution in [-0.2, 0) is 0 Å². The molecule has 102 valence electrons. The quantitative estimate of drug-likeness (QED) is 0.722. The first-order valence-electron chi connectivity index (χ1n) is 6.98. The van der Waals surface area contributed by atoms with Crippen LogP contribution in [0.4, 0.5) is 5.82 Å². The fourth-order valence-corrected chi connectivity index (χ4v) is 2.90. The van der Waals surface area contributed by atoms with Gasteiger partial charge in [0.1, 0.15) is 5.82 Å². The van der Waals surface area contributed by atoms with Gasteiger partial charge in [-0.3, -0.25) is 0 Å². The van der Waals surface area contributed by atoms with E-state index in [0.717, 1.165) is 36.1 Å². The van der Waals surface area contributed by atoms with Gasteiger partial charge in [-0.25, -0.2) is 4.98 Å². The number of hydrogen-bond acceptors (Lipinski definition) is 2. The van der Waals surface area contributed by atoms with E-state index in [-0.39, 0.29) is 0 Å². The van der Waals surface area contributed by atoms with Gasteiger partial charge in [-0.2, -0.15) is 0 Å². The molecule has 2 aromatic rings.